The molecular weight excluding hydrogens is 290 g/mol. The van der Waals surface area contributed by atoms with Gasteiger partial charge in [-0.15, -0.1) is 0 Å². The van der Waals surface area contributed by atoms with E-state index in [0.29, 0.717) is 24.1 Å². The summed E-state index contributed by atoms with van der Waals surface area (Å²) < 4.78 is 32.1. The largest absolute Gasteiger partial charge is 0.491 e. The van der Waals surface area contributed by atoms with Crippen LogP contribution in [-0.4, -0.2) is 46.6 Å². The van der Waals surface area contributed by atoms with E-state index in [1.54, 1.807) is 12.1 Å². The number of hydrogen-bond donors (Lipinski definition) is 2. The number of likely N-dealkylation sites (tertiary alicyclic amines) is 1. The maximum Gasteiger partial charge on any atom is 0.244 e. The molecule has 0 spiro atoms. The molecule has 7 heteroatoms. The molecule has 1 aliphatic rings. The van der Waals surface area contributed by atoms with Crippen LogP contribution < -0.4 is 15.2 Å². The Morgan fingerprint density at radius 1 is 1.43 bits per heavy atom. The van der Waals surface area contributed by atoms with Gasteiger partial charge in [-0.25, -0.2) is 13.1 Å². The van der Waals surface area contributed by atoms with Crippen molar-refractivity contribution in [3.05, 3.63) is 18.2 Å². The fourth-order valence-electron chi connectivity index (χ4n) is 2.50. The molecule has 6 nitrogen and oxygen atoms in total. The van der Waals surface area contributed by atoms with Crippen molar-refractivity contribution in [2.45, 2.75) is 30.2 Å². The number of hydrogen-bond acceptors (Lipinski definition) is 5. The van der Waals surface area contributed by atoms with E-state index in [4.69, 9.17) is 10.5 Å². The predicted octanol–water partition coefficient (Wildman–Crippen LogP) is 1.04. The molecule has 1 aromatic carbocycles. The molecule has 118 valence electrons. The molecular formula is C14H23N3O3S. The molecule has 1 fully saturated rings. The van der Waals surface area contributed by atoms with E-state index in [2.05, 4.69) is 16.7 Å². The Bertz CT molecular complexity index is 589. The summed E-state index contributed by atoms with van der Waals surface area (Å²) in [7, 11) is -0.143. The highest BCUT2D eigenvalue weighted by atomic mass is 32.2. The van der Waals surface area contributed by atoms with Gasteiger partial charge in [0.05, 0.1) is 0 Å². The van der Waals surface area contributed by atoms with Crippen LogP contribution in [0.3, 0.4) is 0 Å². The van der Waals surface area contributed by atoms with E-state index in [-0.39, 0.29) is 4.90 Å². The number of nitrogen functional groups attached to an aromatic ring is 1. The van der Waals surface area contributed by atoms with E-state index < -0.39 is 10.0 Å². The number of benzene rings is 1. The second-order valence-electron chi connectivity index (χ2n) is 5.35. The Labute approximate surface area is 126 Å². The summed E-state index contributed by atoms with van der Waals surface area (Å²) in [5, 5.41) is 0. The van der Waals surface area contributed by atoms with Gasteiger partial charge in [0, 0.05) is 11.7 Å². The first-order valence-corrected chi connectivity index (χ1v) is 8.58. The van der Waals surface area contributed by atoms with Crippen LogP contribution in [0.2, 0.25) is 0 Å². The van der Waals surface area contributed by atoms with Crippen molar-refractivity contribution in [1.29, 1.82) is 0 Å². The normalized spacial score (nSPS) is 20.4. The maximum atomic E-state index is 12.0. The van der Waals surface area contributed by atoms with Crippen molar-refractivity contribution in [2.24, 2.45) is 0 Å². The highest BCUT2D eigenvalue weighted by Crippen LogP contribution is 2.27. The van der Waals surface area contributed by atoms with Gasteiger partial charge in [0.1, 0.15) is 17.3 Å². The number of ether oxygens (including phenoxy) is 1. The number of anilines is 1. The molecule has 21 heavy (non-hydrogen) atoms. The number of nitrogens with zero attached hydrogens (tertiary/aromatic N) is 1. The first-order valence-electron chi connectivity index (χ1n) is 7.10. The molecule has 0 saturated carbocycles. The summed E-state index contributed by atoms with van der Waals surface area (Å²) >= 11 is 0. The van der Waals surface area contributed by atoms with Gasteiger partial charge in [-0.3, -0.25) is 0 Å². The molecule has 0 aliphatic carbocycles. The Morgan fingerprint density at radius 2 is 2.19 bits per heavy atom. The third kappa shape index (κ3) is 3.87. The van der Waals surface area contributed by atoms with Crippen LogP contribution >= 0.6 is 0 Å². The van der Waals surface area contributed by atoms with Crippen molar-refractivity contribution >= 4 is 15.7 Å². The summed E-state index contributed by atoms with van der Waals surface area (Å²) in [6.07, 6.45) is 3.45. The van der Waals surface area contributed by atoms with Crippen LogP contribution in [0.5, 0.6) is 5.75 Å². The lowest BCUT2D eigenvalue weighted by Gasteiger charge is -2.32. The summed E-state index contributed by atoms with van der Waals surface area (Å²) in [6, 6.07) is 5.00. The molecule has 1 atom stereocenters. The number of piperidine rings is 1. The van der Waals surface area contributed by atoms with Crippen LogP contribution in [0, 0.1) is 0 Å². The molecule has 0 bridgehead atoms. The van der Waals surface area contributed by atoms with Crippen molar-refractivity contribution in [3.63, 3.8) is 0 Å². The standard InChI is InChI=1S/C14H23N3O3S/c1-16-21(18,19)14-9-11(15)6-7-13(14)20-10-12-5-3-4-8-17(12)2/h6-7,9,12,16H,3-5,8,10,15H2,1-2H3. The summed E-state index contributed by atoms with van der Waals surface area (Å²) in [4.78, 5) is 2.34. The van der Waals surface area contributed by atoms with Gasteiger partial charge in [-0.2, -0.15) is 0 Å². The third-order valence-corrected chi connectivity index (χ3v) is 5.31. The van der Waals surface area contributed by atoms with Crippen LogP contribution in [-0.2, 0) is 10.0 Å². The lowest BCUT2D eigenvalue weighted by molar-refractivity contribution is 0.123. The second kappa shape index (κ2) is 6.64. The predicted molar refractivity (Wildman–Crippen MR) is 82.9 cm³/mol. The molecule has 1 saturated heterocycles. The Hall–Kier alpha value is -1.31. The lowest BCUT2D eigenvalue weighted by atomic mass is 10.0. The highest BCUT2D eigenvalue weighted by molar-refractivity contribution is 7.89. The molecule has 2 rings (SSSR count). The average molecular weight is 313 g/mol. The second-order valence-corrected chi connectivity index (χ2v) is 7.21. The quantitative estimate of drug-likeness (QED) is 0.794. The van der Waals surface area contributed by atoms with Gasteiger partial charge in [0.2, 0.25) is 10.0 Å². The van der Waals surface area contributed by atoms with Gasteiger partial charge in [-0.1, -0.05) is 6.42 Å². The van der Waals surface area contributed by atoms with E-state index in [9.17, 15) is 8.42 Å². The van der Waals surface area contributed by atoms with Gasteiger partial charge in [0.25, 0.3) is 0 Å². The monoisotopic (exact) mass is 313 g/mol. The summed E-state index contributed by atoms with van der Waals surface area (Å²) in [6.45, 7) is 1.53. The molecule has 1 aromatic rings. The highest BCUT2D eigenvalue weighted by Gasteiger charge is 2.22. The zero-order chi connectivity index (χ0) is 15.5. The van der Waals surface area contributed by atoms with E-state index >= 15 is 0 Å². The van der Waals surface area contributed by atoms with Gasteiger partial charge in [0.15, 0.2) is 0 Å². The minimum Gasteiger partial charge on any atom is -0.491 e. The minimum atomic E-state index is -3.59. The van der Waals surface area contributed by atoms with Crippen molar-refractivity contribution in [2.75, 3.05) is 33.0 Å². The van der Waals surface area contributed by atoms with Gasteiger partial charge in [-0.05, 0) is 51.7 Å². The first-order chi connectivity index (χ1) is 9.94. The van der Waals surface area contributed by atoms with Crippen molar-refractivity contribution in [3.8, 4) is 5.75 Å². The number of rotatable bonds is 5. The van der Waals surface area contributed by atoms with Gasteiger partial charge >= 0.3 is 0 Å². The summed E-state index contributed by atoms with van der Waals surface area (Å²) in [5.41, 5.74) is 6.08. The van der Waals surface area contributed by atoms with Gasteiger partial charge < -0.3 is 15.4 Å². The Balaban J connectivity index is 2.16. The Morgan fingerprint density at radius 3 is 2.86 bits per heavy atom. The number of nitrogens with one attached hydrogen (secondary N) is 1. The molecule has 1 aliphatic heterocycles. The molecule has 1 unspecified atom stereocenters. The fraction of sp³-hybridized carbons (Fsp3) is 0.571. The van der Waals surface area contributed by atoms with Crippen LogP contribution in [0.4, 0.5) is 5.69 Å². The lowest BCUT2D eigenvalue weighted by Crippen LogP contribution is -2.40. The van der Waals surface area contributed by atoms with Crippen LogP contribution in [0.15, 0.2) is 23.1 Å². The van der Waals surface area contributed by atoms with E-state index in [0.717, 1.165) is 13.0 Å². The van der Waals surface area contributed by atoms with Crippen molar-refractivity contribution < 1.29 is 13.2 Å². The molecule has 0 amide bonds. The number of likely N-dealkylation sites (N-methyl/N-ethyl adjacent to an activating group) is 1. The molecule has 1 heterocycles. The van der Waals surface area contributed by atoms with Crippen LogP contribution in [0.25, 0.3) is 0 Å². The SMILES string of the molecule is CNS(=O)(=O)c1cc(N)ccc1OCC1CCCCN1C. The molecule has 3 N–H and O–H groups in total. The molecule has 0 radical (unpaired) electrons. The topological polar surface area (TPSA) is 84.7 Å². The zero-order valence-electron chi connectivity index (χ0n) is 12.5. The minimum absolute atomic E-state index is 0.0865. The number of sulfonamides is 1. The molecule has 0 aromatic heterocycles. The third-order valence-electron chi connectivity index (χ3n) is 3.88. The number of nitrogens with two attached hydrogens (primary N) is 1. The maximum absolute atomic E-state index is 12.0. The summed E-state index contributed by atoms with van der Waals surface area (Å²) in [5.74, 6) is 0.345. The van der Waals surface area contributed by atoms with E-state index in [1.807, 2.05) is 0 Å². The fourth-order valence-corrected chi connectivity index (χ4v) is 3.41. The smallest absolute Gasteiger partial charge is 0.244 e. The Kier molecular flexibility index (Phi) is 5.08. The average Bonchev–Trinajstić information content (AvgIpc) is 2.47. The zero-order valence-corrected chi connectivity index (χ0v) is 13.3. The van der Waals surface area contributed by atoms with E-state index in [1.165, 1.54) is 26.0 Å². The van der Waals surface area contributed by atoms with Crippen LogP contribution in [0.1, 0.15) is 19.3 Å². The van der Waals surface area contributed by atoms with Crippen molar-refractivity contribution in [1.82, 2.24) is 9.62 Å². The first kappa shape index (κ1) is 16.1.